The normalized spacial score (nSPS) is 18.6. The highest BCUT2D eigenvalue weighted by Crippen LogP contribution is 2.47. The number of benzene rings is 2. The summed E-state index contributed by atoms with van der Waals surface area (Å²) in [5.41, 5.74) is 11.6. The lowest BCUT2D eigenvalue weighted by molar-refractivity contribution is 0.850. The molecule has 1 heteroatoms. The number of nitrogens with zero attached hydrogens (tertiary/aromatic N) is 1. The average molecular weight is 368 g/mol. The van der Waals surface area contributed by atoms with Crippen LogP contribution in [0.2, 0.25) is 0 Å². The molecule has 142 valence electrons. The number of hydrogen-bond donors (Lipinski definition) is 0. The van der Waals surface area contributed by atoms with E-state index in [1.54, 1.807) is 17.3 Å². The Morgan fingerprint density at radius 3 is 2.61 bits per heavy atom. The van der Waals surface area contributed by atoms with E-state index in [1.807, 2.05) is 0 Å². The summed E-state index contributed by atoms with van der Waals surface area (Å²) >= 11 is 0. The molecule has 0 radical (unpaired) electrons. The maximum absolute atomic E-state index is 4.54. The van der Waals surface area contributed by atoms with Crippen molar-refractivity contribution in [2.45, 2.75) is 51.9 Å². The Labute approximate surface area is 169 Å². The van der Waals surface area contributed by atoms with E-state index < -0.39 is 0 Å². The molecule has 0 heterocycles. The lowest BCUT2D eigenvalue weighted by atomic mass is 9.89. The molecule has 0 saturated carbocycles. The topological polar surface area (TPSA) is 12.4 Å². The van der Waals surface area contributed by atoms with Crippen molar-refractivity contribution in [2.75, 3.05) is 0 Å². The fourth-order valence-corrected chi connectivity index (χ4v) is 4.83. The molecule has 0 saturated heterocycles. The molecule has 2 aromatic rings. The van der Waals surface area contributed by atoms with Crippen LogP contribution in [0.4, 0.5) is 0 Å². The van der Waals surface area contributed by atoms with Crippen molar-refractivity contribution in [3.63, 3.8) is 0 Å². The highest BCUT2D eigenvalue weighted by atomic mass is 14.7. The Kier molecular flexibility index (Phi) is 5.43. The van der Waals surface area contributed by atoms with Crippen LogP contribution < -0.4 is 0 Å². The lowest BCUT2D eigenvalue weighted by Crippen LogP contribution is -2.05. The zero-order valence-corrected chi connectivity index (χ0v) is 17.0. The molecule has 2 aliphatic rings. The second-order valence-electron chi connectivity index (χ2n) is 7.95. The summed E-state index contributed by atoms with van der Waals surface area (Å²) in [5, 5.41) is 0. The van der Waals surface area contributed by atoms with Gasteiger partial charge in [0.05, 0.1) is 0 Å². The van der Waals surface area contributed by atoms with E-state index in [0.29, 0.717) is 5.92 Å². The molecule has 0 amide bonds. The van der Waals surface area contributed by atoms with Crippen LogP contribution in [0.25, 0.3) is 5.57 Å². The smallest absolute Gasteiger partial charge is 0.0409 e. The van der Waals surface area contributed by atoms with Gasteiger partial charge in [0.25, 0.3) is 0 Å². The first-order valence-electron chi connectivity index (χ1n) is 10.4. The van der Waals surface area contributed by atoms with Crippen LogP contribution in [-0.2, 0) is 19.3 Å². The highest BCUT2D eigenvalue weighted by molar-refractivity contribution is 5.97. The van der Waals surface area contributed by atoms with Crippen LogP contribution in [0.3, 0.4) is 0 Å². The number of aryl methyl sites for hydroxylation is 2. The zero-order valence-electron chi connectivity index (χ0n) is 17.0. The standard InChI is InChI=1S/C27H29N/c1-4-10-23(28-5-2)18-25-19(3)24(15-20-11-7-6-8-12-20)26-16-21-13-9-14-22(21)17-27(25)26/h4-8,10-12,16-17,25H,2,9,13-15,18H2,1,3H3/b10-4-,28-23?. The second-order valence-corrected chi connectivity index (χ2v) is 7.95. The molecule has 0 aliphatic heterocycles. The van der Waals surface area contributed by atoms with Crippen molar-refractivity contribution in [3.05, 3.63) is 101 Å². The zero-order chi connectivity index (χ0) is 19.5. The van der Waals surface area contributed by atoms with E-state index in [9.17, 15) is 0 Å². The quantitative estimate of drug-likeness (QED) is 0.496. The van der Waals surface area contributed by atoms with Crippen LogP contribution in [0.15, 0.2) is 78.0 Å². The summed E-state index contributed by atoms with van der Waals surface area (Å²) in [6.45, 7) is 8.19. The Balaban J connectivity index is 1.78. The largest absolute Gasteiger partial charge is 0.262 e. The fourth-order valence-electron chi connectivity index (χ4n) is 4.83. The minimum absolute atomic E-state index is 0.412. The number of rotatable bonds is 6. The van der Waals surface area contributed by atoms with Gasteiger partial charge in [-0.1, -0.05) is 60.7 Å². The van der Waals surface area contributed by atoms with Gasteiger partial charge in [-0.2, -0.15) is 0 Å². The van der Waals surface area contributed by atoms with E-state index in [0.717, 1.165) is 18.6 Å². The van der Waals surface area contributed by atoms with Gasteiger partial charge >= 0.3 is 0 Å². The molecule has 0 spiro atoms. The Bertz CT molecular complexity index is 973. The van der Waals surface area contributed by atoms with Crippen molar-refractivity contribution >= 4 is 11.3 Å². The minimum Gasteiger partial charge on any atom is -0.262 e. The van der Waals surface area contributed by atoms with Crippen molar-refractivity contribution in [1.82, 2.24) is 0 Å². The van der Waals surface area contributed by atoms with Crippen LogP contribution in [0.1, 0.15) is 60.4 Å². The van der Waals surface area contributed by atoms with Gasteiger partial charge in [-0.3, -0.25) is 4.99 Å². The Hall–Kier alpha value is -2.67. The first-order valence-corrected chi connectivity index (χ1v) is 10.4. The van der Waals surface area contributed by atoms with Crippen LogP contribution in [0, 0.1) is 0 Å². The lowest BCUT2D eigenvalue weighted by Gasteiger charge is -2.15. The van der Waals surface area contributed by atoms with Crippen molar-refractivity contribution in [2.24, 2.45) is 4.99 Å². The third kappa shape index (κ3) is 3.54. The molecular weight excluding hydrogens is 338 g/mol. The van der Waals surface area contributed by atoms with E-state index in [-0.39, 0.29) is 0 Å². The first-order chi connectivity index (χ1) is 13.7. The third-order valence-corrected chi connectivity index (χ3v) is 6.22. The summed E-state index contributed by atoms with van der Waals surface area (Å²) in [6.07, 6.45) is 11.6. The molecular formula is C27H29N. The Morgan fingerprint density at radius 1 is 1.14 bits per heavy atom. The highest BCUT2D eigenvalue weighted by Gasteiger charge is 2.31. The fraction of sp³-hybridized carbons (Fsp3) is 0.296. The number of fused-ring (bicyclic) bond motifs is 2. The summed E-state index contributed by atoms with van der Waals surface area (Å²) in [7, 11) is 0. The number of allylic oxidation sites excluding steroid dienone is 4. The van der Waals surface area contributed by atoms with Gasteiger partial charge in [0.1, 0.15) is 0 Å². The van der Waals surface area contributed by atoms with Gasteiger partial charge in [-0.05, 0) is 79.0 Å². The number of aliphatic imine (C=N–C) groups is 1. The Morgan fingerprint density at radius 2 is 1.89 bits per heavy atom. The molecule has 28 heavy (non-hydrogen) atoms. The second kappa shape index (κ2) is 8.14. The molecule has 1 atom stereocenters. The molecule has 1 unspecified atom stereocenters. The molecule has 4 rings (SSSR count). The van der Waals surface area contributed by atoms with Gasteiger partial charge < -0.3 is 0 Å². The van der Waals surface area contributed by atoms with Gasteiger partial charge in [0.2, 0.25) is 0 Å². The van der Waals surface area contributed by atoms with Crippen molar-refractivity contribution in [3.8, 4) is 0 Å². The van der Waals surface area contributed by atoms with Crippen LogP contribution in [-0.4, -0.2) is 5.71 Å². The molecule has 2 aliphatic carbocycles. The van der Waals surface area contributed by atoms with Gasteiger partial charge in [-0.25, -0.2) is 0 Å². The summed E-state index contributed by atoms with van der Waals surface area (Å²) in [5.74, 6) is 0.412. The first kappa shape index (κ1) is 18.7. The number of hydrogen-bond acceptors (Lipinski definition) is 1. The summed E-state index contributed by atoms with van der Waals surface area (Å²) in [6, 6.07) is 15.9. The van der Waals surface area contributed by atoms with Gasteiger partial charge in [0.15, 0.2) is 0 Å². The minimum atomic E-state index is 0.412. The monoisotopic (exact) mass is 367 g/mol. The summed E-state index contributed by atoms with van der Waals surface area (Å²) in [4.78, 5) is 4.54. The predicted octanol–water partition coefficient (Wildman–Crippen LogP) is 6.84. The van der Waals surface area contributed by atoms with Gasteiger partial charge in [-0.15, -0.1) is 0 Å². The molecule has 0 aromatic heterocycles. The molecule has 2 aromatic carbocycles. The van der Waals surface area contributed by atoms with Gasteiger partial charge in [0, 0.05) is 24.3 Å². The van der Waals surface area contributed by atoms with Crippen molar-refractivity contribution < 1.29 is 0 Å². The van der Waals surface area contributed by atoms with Crippen LogP contribution >= 0.6 is 0 Å². The molecule has 0 fully saturated rings. The van der Waals surface area contributed by atoms with E-state index >= 15 is 0 Å². The summed E-state index contributed by atoms with van der Waals surface area (Å²) < 4.78 is 0. The molecule has 1 nitrogen and oxygen atoms in total. The SMILES string of the molecule is C=CN=C(/C=C\C)CC1C(C)=C(Cc2ccccc2)c2cc3c(cc21)CCC3. The maximum atomic E-state index is 4.54. The van der Waals surface area contributed by atoms with E-state index in [1.165, 1.54) is 47.1 Å². The third-order valence-electron chi connectivity index (χ3n) is 6.22. The van der Waals surface area contributed by atoms with E-state index in [2.05, 4.69) is 80.0 Å². The van der Waals surface area contributed by atoms with Crippen molar-refractivity contribution in [1.29, 1.82) is 0 Å². The molecule has 0 bridgehead atoms. The maximum Gasteiger partial charge on any atom is 0.0409 e. The van der Waals surface area contributed by atoms with Crippen LogP contribution in [0.5, 0.6) is 0 Å². The van der Waals surface area contributed by atoms with E-state index in [4.69, 9.17) is 0 Å². The molecule has 0 N–H and O–H groups in total. The average Bonchev–Trinajstić information content (AvgIpc) is 3.26. The predicted molar refractivity (Wildman–Crippen MR) is 121 cm³/mol.